The van der Waals surface area contributed by atoms with E-state index in [2.05, 4.69) is 26.0 Å². The molecular formula is C17H27BS. The molecule has 0 aliphatic heterocycles. The van der Waals surface area contributed by atoms with Crippen LogP contribution in [0, 0.1) is 0 Å². The zero-order chi connectivity index (χ0) is 13.7. The highest BCUT2D eigenvalue weighted by Gasteiger charge is 2.27. The van der Waals surface area contributed by atoms with E-state index in [0.717, 1.165) is 0 Å². The lowest BCUT2D eigenvalue weighted by Gasteiger charge is -2.30. The normalized spacial score (nSPS) is 21.4. The van der Waals surface area contributed by atoms with Crippen LogP contribution < -0.4 is 0 Å². The van der Waals surface area contributed by atoms with Crippen molar-refractivity contribution in [3.63, 3.8) is 0 Å². The summed E-state index contributed by atoms with van der Waals surface area (Å²) in [5, 5.41) is -0.0465. The zero-order valence-corrected chi connectivity index (χ0v) is 13.4. The molecule has 1 saturated carbocycles. The Morgan fingerprint density at radius 2 is 1.47 bits per heavy atom. The maximum absolute atomic E-state index is 6.79. The average Bonchev–Trinajstić information content (AvgIpc) is 2.88. The molecule has 104 valence electrons. The largest absolute Gasteiger partial charge is 0.145 e. The van der Waals surface area contributed by atoms with Crippen molar-refractivity contribution in [2.45, 2.75) is 82.9 Å². The summed E-state index contributed by atoms with van der Waals surface area (Å²) in [4.78, 5) is 2.91. The molecule has 1 fully saturated rings. The van der Waals surface area contributed by atoms with Gasteiger partial charge in [0.15, 0.2) is 0 Å². The van der Waals surface area contributed by atoms with Gasteiger partial charge in [0.1, 0.15) is 0 Å². The Balaban J connectivity index is 2.10. The predicted octanol–water partition coefficient (Wildman–Crippen LogP) is 5.76. The second-order valence-corrected chi connectivity index (χ2v) is 7.60. The van der Waals surface area contributed by atoms with E-state index < -0.39 is 0 Å². The van der Waals surface area contributed by atoms with Crippen LogP contribution in [0.25, 0.3) is 0 Å². The Kier molecular flexibility index (Phi) is 5.56. The first kappa shape index (κ1) is 15.2. The minimum absolute atomic E-state index is 0.0465. The van der Waals surface area contributed by atoms with Gasteiger partial charge in [0.2, 0.25) is 0 Å². The highest BCUT2D eigenvalue weighted by Crippen LogP contribution is 2.39. The van der Waals surface area contributed by atoms with Crippen molar-refractivity contribution in [1.82, 2.24) is 0 Å². The summed E-state index contributed by atoms with van der Waals surface area (Å²) in [5.41, 5.74) is 0. The third-order valence-electron chi connectivity index (χ3n) is 4.43. The summed E-state index contributed by atoms with van der Waals surface area (Å²) in [5.74, 6) is 0.627. The fourth-order valence-electron chi connectivity index (χ4n) is 3.07. The number of rotatable bonds is 2. The van der Waals surface area contributed by atoms with Crippen LogP contribution in [0.4, 0.5) is 0 Å². The minimum atomic E-state index is -0.0465. The maximum atomic E-state index is 6.79. The standard InChI is InChI=1S/C17H27BS/c1-14(2)15-10-11-16(19-15)17(18)12-8-6-4-3-5-7-9-13-17/h10-11,14H,3-9,12-13H2,1-2H3. The average molecular weight is 274 g/mol. The quantitative estimate of drug-likeness (QED) is 0.601. The lowest BCUT2D eigenvalue weighted by atomic mass is 9.61. The van der Waals surface area contributed by atoms with Gasteiger partial charge in [0, 0.05) is 9.75 Å². The molecule has 2 radical (unpaired) electrons. The van der Waals surface area contributed by atoms with Crippen molar-refractivity contribution in [3.8, 4) is 0 Å². The Morgan fingerprint density at radius 3 is 1.95 bits per heavy atom. The van der Waals surface area contributed by atoms with Crippen molar-refractivity contribution in [3.05, 3.63) is 21.9 Å². The van der Waals surface area contributed by atoms with Gasteiger partial charge in [-0.2, -0.15) is 0 Å². The molecule has 0 aromatic carbocycles. The topological polar surface area (TPSA) is 0 Å². The first-order chi connectivity index (χ1) is 9.12. The lowest BCUT2D eigenvalue weighted by Crippen LogP contribution is -2.25. The molecule has 0 N–H and O–H groups in total. The molecule has 0 atom stereocenters. The Labute approximate surface area is 124 Å². The van der Waals surface area contributed by atoms with Gasteiger partial charge >= 0.3 is 0 Å². The van der Waals surface area contributed by atoms with Crippen LogP contribution >= 0.6 is 11.3 Å². The van der Waals surface area contributed by atoms with Crippen LogP contribution in [-0.4, -0.2) is 7.85 Å². The van der Waals surface area contributed by atoms with Gasteiger partial charge in [-0.3, -0.25) is 0 Å². The summed E-state index contributed by atoms with van der Waals surface area (Å²) in [7, 11) is 6.79. The fourth-order valence-corrected chi connectivity index (χ4v) is 4.24. The Morgan fingerprint density at radius 1 is 0.947 bits per heavy atom. The molecule has 2 heteroatoms. The first-order valence-electron chi connectivity index (χ1n) is 8.01. The predicted molar refractivity (Wildman–Crippen MR) is 87.4 cm³/mol. The van der Waals surface area contributed by atoms with Crippen LogP contribution in [0.5, 0.6) is 0 Å². The third-order valence-corrected chi connectivity index (χ3v) is 6.04. The van der Waals surface area contributed by atoms with E-state index in [4.69, 9.17) is 7.85 Å². The molecule has 2 rings (SSSR count). The van der Waals surface area contributed by atoms with Crippen molar-refractivity contribution >= 4 is 19.2 Å². The smallest absolute Gasteiger partial charge is 0.0821 e. The van der Waals surface area contributed by atoms with E-state index in [-0.39, 0.29) is 5.31 Å². The van der Waals surface area contributed by atoms with E-state index in [1.807, 2.05) is 11.3 Å². The first-order valence-corrected chi connectivity index (χ1v) is 8.82. The van der Waals surface area contributed by atoms with Crippen LogP contribution in [0.15, 0.2) is 12.1 Å². The number of hydrogen-bond donors (Lipinski definition) is 0. The second kappa shape index (κ2) is 6.97. The molecule has 1 aliphatic carbocycles. The second-order valence-electron chi connectivity index (χ2n) is 6.49. The van der Waals surface area contributed by atoms with Crippen molar-refractivity contribution < 1.29 is 0 Å². The number of thiophene rings is 1. The summed E-state index contributed by atoms with van der Waals surface area (Å²) in [6, 6.07) is 4.59. The van der Waals surface area contributed by atoms with Gasteiger partial charge in [0.05, 0.1) is 7.85 Å². The zero-order valence-electron chi connectivity index (χ0n) is 12.6. The van der Waals surface area contributed by atoms with E-state index in [9.17, 15) is 0 Å². The highest BCUT2D eigenvalue weighted by molar-refractivity contribution is 7.12. The van der Waals surface area contributed by atoms with Crippen molar-refractivity contribution in [1.29, 1.82) is 0 Å². The summed E-state index contributed by atoms with van der Waals surface area (Å²) in [6.45, 7) is 4.54. The summed E-state index contributed by atoms with van der Waals surface area (Å²) in [6.07, 6.45) is 11.9. The van der Waals surface area contributed by atoms with Crippen LogP contribution in [-0.2, 0) is 5.31 Å². The van der Waals surface area contributed by atoms with Crippen LogP contribution in [0.1, 0.15) is 87.3 Å². The van der Waals surface area contributed by atoms with Gasteiger partial charge in [0.25, 0.3) is 0 Å². The third kappa shape index (κ3) is 4.11. The summed E-state index contributed by atoms with van der Waals surface area (Å²) >= 11 is 1.95. The maximum Gasteiger partial charge on any atom is 0.0821 e. The van der Waals surface area contributed by atoms with E-state index in [1.165, 1.54) is 67.5 Å². The number of hydrogen-bond acceptors (Lipinski definition) is 1. The molecule has 0 spiro atoms. The van der Waals surface area contributed by atoms with Crippen LogP contribution in [0.2, 0.25) is 0 Å². The molecule has 0 unspecified atom stereocenters. The van der Waals surface area contributed by atoms with Crippen LogP contribution in [0.3, 0.4) is 0 Å². The Hall–Kier alpha value is -0.235. The molecule has 1 aromatic rings. The SMILES string of the molecule is [B]C1(c2ccc(C(C)C)s2)CCCCCCCCC1. The molecule has 1 heterocycles. The molecule has 1 aliphatic rings. The lowest BCUT2D eigenvalue weighted by molar-refractivity contribution is 0.430. The molecular weight excluding hydrogens is 247 g/mol. The van der Waals surface area contributed by atoms with Gasteiger partial charge in [-0.1, -0.05) is 71.6 Å². The Bertz CT molecular complexity index is 370. The van der Waals surface area contributed by atoms with Gasteiger partial charge in [-0.25, -0.2) is 0 Å². The molecule has 0 amide bonds. The fraction of sp³-hybridized carbons (Fsp3) is 0.765. The highest BCUT2D eigenvalue weighted by atomic mass is 32.1. The molecule has 0 bridgehead atoms. The van der Waals surface area contributed by atoms with Gasteiger partial charge < -0.3 is 0 Å². The van der Waals surface area contributed by atoms with Crippen molar-refractivity contribution in [2.75, 3.05) is 0 Å². The minimum Gasteiger partial charge on any atom is -0.145 e. The summed E-state index contributed by atoms with van der Waals surface area (Å²) < 4.78 is 0. The van der Waals surface area contributed by atoms with E-state index >= 15 is 0 Å². The molecule has 19 heavy (non-hydrogen) atoms. The van der Waals surface area contributed by atoms with E-state index in [1.54, 1.807) is 0 Å². The van der Waals surface area contributed by atoms with E-state index in [0.29, 0.717) is 5.92 Å². The monoisotopic (exact) mass is 274 g/mol. The molecule has 1 aromatic heterocycles. The van der Waals surface area contributed by atoms with Gasteiger partial charge in [-0.15, -0.1) is 11.3 Å². The molecule has 0 saturated heterocycles. The van der Waals surface area contributed by atoms with Gasteiger partial charge in [-0.05, 0) is 23.4 Å². The van der Waals surface area contributed by atoms with Crippen molar-refractivity contribution in [2.24, 2.45) is 0 Å². The molecule has 0 nitrogen and oxygen atoms in total.